The van der Waals surface area contributed by atoms with Crippen molar-refractivity contribution in [1.82, 2.24) is 14.9 Å². The molecule has 1 saturated heterocycles. The predicted octanol–water partition coefficient (Wildman–Crippen LogP) is 2.99. The quantitative estimate of drug-likeness (QED) is 0.627. The van der Waals surface area contributed by atoms with E-state index < -0.39 is 12.0 Å². The Bertz CT molecular complexity index is 686. The van der Waals surface area contributed by atoms with Gasteiger partial charge in [0.05, 0.1) is 0 Å². The summed E-state index contributed by atoms with van der Waals surface area (Å²) in [6, 6.07) is -0.553. The number of hydrogen-bond donors (Lipinski definition) is 1. The van der Waals surface area contributed by atoms with Crippen LogP contribution >= 0.6 is 11.8 Å². The minimum Gasteiger partial charge on any atom is -0.480 e. The van der Waals surface area contributed by atoms with Gasteiger partial charge < -0.3 is 10.0 Å². The SMILES string of the molecule is CSc1nc(C)c(CCC(=O)N2C(C(=O)O)CC3CCCCC32)c(C)n1. The third kappa shape index (κ3) is 3.72. The van der Waals surface area contributed by atoms with Gasteiger partial charge in [-0.05, 0) is 57.3 Å². The van der Waals surface area contributed by atoms with E-state index in [1.807, 2.05) is 20.1 Å². The summed E-state index contributed by atoms with van der Waals surface area (Å²) < 4.78 is 0. The third-order valence-electron chi connectivity index (χ3n) is 5.83. The molecule has 2 aliphatic rings. The maximum Gasteiger partial charge on any atom is 0.326 e. The maximum absolute atomic E-state index is 13.0. The molecule has 2 heterocycles. The van der Waals surface area contributed by atoms with Crippen LogP contribution < -0.4 is 0 Å². The number of carboxylic acid groups (broad SMARTS) is 1. The van der Waals surface area contributed by atoms with Crippen LogP contribution in [0.2, 0.25) is 0 Å². The summed E-state index contributed by atoms with van der Waals surface area (Å²) >= 11 is 1.50. The topological polar surface area (TPSA) is 83.4 Å². The van der Waals surface area contributed by atoms with Crippen molar-refractivity contribution in [3.8, 4) is 0 Å². The van der Waals surface area contributed by atoms with E-state index in [2.05, 4.69) is 9.97 Å². The largest absolute Gasteiger partial charge is 0.480 e. The fraction of sp³-hybridized carbons (Fsp3) is 0.684. The zero-order valence-electron chi connectivity index (χ0n) is 15.7. The van der Waals surface area contributed by atoms with Gasteiger partial charge in [-0.25, -0.2) is 14.8 Å². The van der Waals surface area contributed by atoms with Gasteiger partial charge in [0.25, 0.3) is 0 Å². The van der Waals surface area contributed by atoms with E-state index in [-0.39, 0.29) is 11.9 Å². The van der Waals surface area contributed by atoms with E-state index in [9.17, 15) is 14.7 Å². The fourth-order valence-electron chi connectivity index (χ4n) is 4.56. The first-order valence-electron chi connectivity index (χ1n) is 9.34. The smallest absolute Gasteiger partial charge is 0.326 e. The van der Waals surface area contributed by atoms with E-state index in [0.717, 1.165) is 47.8 Å². The van der Waals surface area contributed by atoms with Crippen molar-refractivity contribution in [2.45, 2.75) is 76.0 Å². The summed E-state index contributed by atoms with van der Waals surface area (Å²) in [6.45, 7) is 3.89. The number of carboxylic acids is 1. The van der Waals surface area contributed by atoms with Crippen molar-refractivity contribution in [2.24, 2.45) is 5.92 Å². The second-order valence-electron chi connectivity index (χ2n) is 7.36. The molecule has 1 aromatic rings. The lowest BCUT2D eigenvalue weighted by Gasteiger charge is -2.33. The molecule has 1 N–H and O–H groups in total. The standard InChI is InChI=1S/C19H27N3O3S/c1-11-14(12(2)21-19(20-11)26-3)8-9-17(23)22-15-7-5-4-6-13(15)10-16(22)18(24)25/h13,15-16H,4-10H2,1-3H3,(H,24,25). The first-order valence-corrected chi connectivity index (χ1v) is 10.6. The molecule has 1 saturated carbocycles. The molecule has 1 amide bonds. The Balaban J connectivity index is 1.73. The second kappa shape index (κ2) is 7.94. The Kier molecular flexibility index (Phi) is 5.85. The van der Waals surface area contributed by atoms with Crippen LogP contribution in [-0.2, 0) is 16.0 Å². The number of aromatic nitrogens is 2. The Labute approximate surface area is 158 Å². The highest BCUT2D eigenvalue weighted by Crippen LogP contribution is 2.40. The molecule has 3 rings (SSSR count). The number of carbonyl (C=O) groups excluding carboxylic acids is 1. The number of thioether (sulfide) groups is 1. The molecular weight excluding hydrogens is 350 g/mol. The molecule has 7 heteroatoms. The second-order valence-corrected chi connectivity index (χ2v) is 8.14. The van der Waals surface area contributed by atoms with Gasteiger partial charge >= 0.3 is 5.97 Å². The van der Waals surface area contributed by atoms with Crippen LogP contribution in [0, 0.1) is 19.8 Å². The summed E-state index contributed by atoms with van der Waals surface area (Å²) in [5, 5.41) is 10.3. The normalized spacial score (nSPS) is 25.2. The Morgan fingerprint density at radius 2 is 1.85 bits per heavy atom. The van der Waals surface area contributed by atoms with Gasteiger partial charge in [-0.3, -0.25) is 4.79 Å². The fourth-order valence-corrected chi connectivity index (χ4v) is 5.02. The average molecular weight is 378 g/mol. The van der Waals surface area contributed by atoms with Gasteiger partial charge in [0.2, 0.25) is 5.91 Å². The zero-order valence-corrected chi connectivity index (χ0v) is 16.5. The monoisotopic (exact) mass is 377 g/mol. The van der Waals surface area contributed by atoms with E-state index in [1.165, 1.54) is 11.8 Å². The third-order valence-corrected chi connectivity index (χ3v) is 6.38. The van der Waals surface area contributed by atoms with E-state index in [0.29, 0.717) is 25.2 Å². The molecule has 6 nitrogen and oxygen atoms in total. The maximum atomic E-state index is 13.0. The van der Waals surface area contributed by atoms with Crippen LogP contribution in [0.4, 0.5) is 0 Å². The Hall–Kier alpha value is -1.63. The molecule has 1 aromatic heterocycles. The Morgan fingerprint density at radius 3 is 2.46 bits per heavy atom. The molecule has 3 unspecified atom stereocenters. The number of carbonyl (C=O) groups is 2. The summed E-state index contributed by atoms with van der Waals surface area (Å²) in [7, 11) is 0. The van der Waals surface area contributed by atoms with Crippen LogP contribution in [0.5, 0.6) is 0 Å². The van der Waals surface area contributed by atoms with Crippen molar-refractivity contribution >= 4 is 23.6 Å². The van der Waals surface area contributed by atoms with Crippen molar-refractivity contribution in [2.75, 3.05) is 6.26 Å². The van der Waals surface area contributed by atoms with Crippen molar-refractivity contribution in [1.29, 1.82) is 0 Å². The summed E-state index contributed by atoms with van der Waals surface area (Å²) in [4.78, 5) is 35.3. The number of hydrogen-bond acceptors (Lipinski definition) is 5. The average Bonchev–Trinajstić information content (AvgIpc) is 3.00. The summed E-state index contributed by atoms with van der Waals surface area (Å²) in [6.07, 6.45) is 7.63. The van der Waals surface area contributed by atoms with Gasteiger partial charge in [-0.2, -0.15) is 0 Å². The van der Waals surface area contributed by atoms with Gasteiger partial charge in [-0.1, -0.05) is 24.6 Å². The van der Waals surface area contributed by atoms with Gasteiger partial charge in [-0.15, -0.1) is 0 Å². The highest BCUT2D eigenvalue weighted by molar-refractivity contribution is 7.98. The van der Waals surface area contributed by atoms with E-state index in [4.69, 9.17) is 0 Å². The number of rotatable bonds is 5. The van der Waals surface area contributed by atoms with Crippen LogP contribution in [0.3, 0.4) is 0 Å². The summed E-state index contributed by atoms with van der Waals surface area (Å²) in [5.41, 5.74) is 2.81. The lowest BCUT2D eigenvalue weighted by atomic mass is 9.84. The lowest BCUT2D eigenvalue weighted by molar-refractivity contribution is -0.149. The van der Waals surface area contributed by atoms with Crippen molar-refractivity contribution < 1.29 is 14.7 Å². The molecule has 0 radical (unpaired) electrons. The lowest BCUT2D eigenvalue weighted by Crippen LogP contribution is -2.46. The first-order chi connectivity index (χ1) is 12.4. The van der Waals surface area contributed by atoms with E-state index in [1.54, 1.807) is 4.90 Å². The van der Waals surface area contributed by atoms with Gasteiger partial charge in [0.1, 0.15) is 6.04 Å². The molecule has 1 aliphatic carbocycles. The minimum absolute atomic E-state index is 0.0421. The van der Waals surface area contributed by atoms with E-state index >= 15 is 0 Å². The molecule has 0 bridgehead atoms. The highest BCUT2D eigenvalue weighted by Gasteiger charge is 2.47. The first kappa shape index (κ1) is 19.1. The predicted molar refractivity (Wildman–Crippen MR) is 100 cm³/mol. The van der Waals surface area contributed by atoms with Gasteiger partial charge in [0, 0.05) is 23.9 Å². The van der Waals surface area contributed by atoms with Crippen LogP contribution in [0.1, 0.15) is 55.5 Å². The summed E-state index contributed by atoms with van der Waals surface area (Å²) in [5.74, 6) is -0.561. The number of aryl methyl sites for hydroxylation is 2. The number of aliphatic carboxylic acids is 1. The number of fused-ring (bicyclic) bond motifs is 1. The molecule has 3 atom stereocenters. The molecule has 26 heavy (non-hydrogen) atoms. The van der Waals surface area contributed by atoms with Crippen molar-refractivity contribution in [3.05, 3.63) is 17.0 Å². The molecular formula is C19H27N3O3S. The molecule has 1 aliphatic heterocycles. The Morgan fingerprint density at radius 1 is 1.19 bits per heavy atom. The van der Waals surface area contributed by atoms with Crippen LogP contribution in [0.15, 0.2) is 5.16 Å². The zero-order chi connectivity index (χ0) is 18.8. The molecule has 0 aromatic carbocycles. The minimum atomic E-state index is -0.868. The molecule has 0 spiro atoms. The van der Waals surface area contributed by atoms with Crippen LogP contribution in [0.25, 0.3) is 0 Å². The number of nitrogens with zero attached hydrogens (tertiary/aromatic N) is 3. The van der Waals surface area contributed by atoms with Gasteiger partial charge in [0.15, 0.2) is 5.16 Å². The number of amides is 1. The number of likely N-dealkylation sites (tertiary alicyclic amines) is 1. The molecule has 142 valence electrons. The molecule has 2 fully saturated rings. The highest BCUT2D eigenvalue weighted by atomic mass is 32.2. The van der Waals surface area contributed by atoms with Crippen molar-refractivity contribution in [3.63, 3.8) is 0 Å². The van der Waals surface area contributed by atoms with Crippen LogP contribution in [-0.4, -0.2) is 50.2 Å².